The third-order valence-corrected chi connectivity index (χ3v) is 2.30. The molecule has 0 aliphatic heterocycles. The Balaban J connectivity index is 2.37. The van der Waals surface area contributed by atoms with Crippen molar-refractivity contribution in [2.75, 3.05) is 13.6 Å². The van der Waals surface area contributed by atoms with Crippen molar-refractivity contribution in [1.29, 1.82) is 0 Å². The highest BCUT2D eigenvalue weighted by atomic mass is 16.3. The van der Waals surface area contributed by atoms with Crippen LogP contribution in [0.15, 0.2) is 22.6 Å². The largest absolute Gasteiger partial charge is 0.441 e. The van der Waals surface area contributed by atoms with E-state index in [1.165, 1.54) is 0 Å². The van der Waals surface area contributed by atoms with E-state index in [-0.39, 0.29) is 0 Å². The van der Waals surface area contributed by atoms with Crippen LogP contribution in [0, 0.1) is 6.92 Å². The van der Waals surface area contributed by atoms with Crippen molar-refractivity contribution in [2.45, 2.75) is 13.0 Å². The summed E-state index contributed by atoms with van der Waals surface area (Å²) in [5.41, 5.74) is 2.40. The molecule has 0 saturated heterocycles. The van der Waals surface area contributed by atoms with E-state index >= 15 is 0 Å². The lowest BCUT2D eigenvalue weighted by atomic mass is 10.1. The maximum Gasteiger partial charge on any atom is 0.192 e. The number of aromatic nitrogens is 1. The maximum atomic E-state index is 9.77. The minimum Gasteiger partial charge on any atom is -0.441 e. The summed E-state index contributed by atoms with van der Waals surface area (Å²) in [5.74, 6) is 0.644. The van der Waals surface area contributed by atoms with Crippen LogP contribution in [0.4, 0.5) is 0 Å². The summed E-state index contributed by atoms with van der Waals surface area (Å²) in [6, 6.07) is 5.55. The lowest BCUT2D eigenvalue weighted by Crippen LogP contribution is -2.16. The molecule has 15 heavy (non-hydrogen) atoms. The molecular formula is C11H14N2O2. The Morgan fingerprint density at radius 1 is 1.53 bits per heavy atom. The number of aliphatic hydroxyl groups is 1. The Morgan fingerprint density at radius 3 is 3.07 bits per heavy atom. The minimum absolute atomic E-state index is 0.503. The van der Waals surface area contributed by atoms with Crippen LogP contribution in [0.2, 0.25) is 0 Å². The van der Waals surface area contributed by atoms with E-state index in [0.717, 1.165) is 16.7 Å². The molecule has 2 N–H and O–H groups in total. The Bertz CT molecular complexity index is 465. The fourth-order valence-electron chi connectivity index (χ4n) is 1.58. The molecule has 1 unspecified atom stereocenters. The van der Waals surface area contributed by atoms with Crippen molar-refractivity contribution in [1.82, 2.24) is 10.3 Å². The summed E-state index contributed by atoms with van der Waals surface area (Å²) < 4.78 is 5.35. The molecule has 0 aliphatic rings. The number of nitrogens with zero attached hydrogens (tertiary/aromatic N) is 1. The van der Waals surface area contributed by atoms with Crippen molar-refractivity contribution in [2.24, 2.45) is 0 Å². The van der Waals surface area contributed by atoms with Gasteiger partial charge in [-0.2, -0.15) is 0 Å². The zero-order valence-corrected chi connectivity index (χ0v) is 8.82. The lowest BCUT2D eigenvalue weighted by molar-refractivity contribution is 0.178. The Hall–Kier alpha value is -1.39. The number of aryl methyl sites for hydroxylation is 1. The molecule has 0 amide bonds. The molecule has 2 rings (SSSR count). The van der Waals surface area contributed by atoms with Gasteiger partial charge >= 0.3 is 0 Å². The normalized spacial score (nSPS) is 13.3. The number of hydrogen-bond acceptors (Lipinski definition) is 4. The van der Waals surface area contributed by atoms with Crippen molar-refractivity contribution in [3.8, 4) is 0 Å². The summed E-state index contributed by atoms with van der Waals surface area (Å²) in [6.45, 7) is 2.34. The van der Waals surface area contributed by atoms with Gasteiger partial charge in [0.1, 0.15) is 5.52 Å². The Labute approximate surface area is 87.9 Å². The number of likely N-dealkylation sites (N-methyl/N-ethyl adjacent to an activating group) is 1. The van der Waals surface area contributed by atoms with Crippen LogP contribution in [0.5, 0.6) is 0 Å². The van der Waals surface area contributed by atoms with Gasteiger partial charge in [-0.05, 0) is 24.7 Å². The van der Waals surface area contributed by atoms with Crippen molar-refractivity contribution >= 4 is 11.1 Å². The van der Waals surface area contributed by atoms with Crippen molar-refractivity contribution in [3.63, 3.8) is 0 Å². The van der Waals surface area contributed by atoms with Crippen LogP contribution in [-0.4, -0.2) is 23.7 Å². The topological polar surface area (TPSA) is 58.3 Å². The van der Waals surface area contributed by atoms with Gasteiger partial charge in [0, 0.05) is 13.5 Å². The molecule has 1 atom stereocenters. The second kappa shape index (κ2) is 4.00. The van der Waals surface area contributed by atoms with E-state index < -0.39 is 6.10 Å². The molecule has 4 heteroatoms. The van der Waals surface area contributed by atoms with Gasteiger partial charge in [0.25, 0.3) is 0 Å². The highest BCUT2D eigenvalue weighted by Gasteiger charge is 2.09. The van der Waals surface area contributed by atoms with Gasteiger partial charge in [-0.1, -0.05) is 6.07 Å². The predicted molar refractivity (Wildman–Crippen MR) is 57.6 cm³/mol. The van der Waals surface area contributed by atoms with Crippen LogP contribution in [-0.2, 0) is 0 Å². The highest BCUT2D eigenvalue weighted by molar-refractivity contribution is 5.73. The second-order valence-electron chi connectivity index (χ2n) is 3.53. The third kappa shape index (κ3) is 2.00. The molecule has 1 aromatic carbocycles. The number of nitrogens with one attached hydrogen (secondary N) is 1. The van der Waals surface area contributed by atoms with Gasteiger partial charge in [-0.15, -0.1) is 0 Å². The maximum absolute atomic E-state index is 9.77. The zero-order chi connectivity index (χ0) is 10.8. The number of aliphatic hydroxyl groups excluding tert-OH is 1. The van der Waals surface area contributed by atoms with E-state index in [1.807, 2.05) is 32.2 Å². The molecule has 2 aromatic rings. The van der Waals surface area contributed by atoms with Gasteiger partial charge in [0.05, 0.1) is 6.10 Å². The van der Waals surface area contributed by atoms with E-state index in [0.29, 0.717) is 12.4 Å². The lowest BCUT2D eigenvalue weighted by Gasteiger charge is -2.09. The Kier molecular flexibility index (Phi) is 2.70. The molecule has 4 nitrogen and oxygen atoms in total. The molecule has 1 heterocycles. The molecule has 0 spiro atoms. The van der Waals surface area contributed by atoms with Crippen LogP contribution in [0.3, 0.4) is 0 Å². The minimum atomic E-state index is -0.503. The van der Waals surface area contributed by atoms with Crippen molar-refractivity contribution in [3.05, 3.63) is 29.7 Å². The van der Waals surface area contributed by atoms with Crippen LogP contribution in [0.1, 0.15) is 17.6 Å². The van der Waals surface area contributed by atoms with Crippen LogP contribution < -0.4 is 5.32 Å². The quantitative estimate of drug-likeness (QED) is 0.796. The van der Waals surface area contributed by atoms with E-state index in [1.54, 1.807) is 0 Å². The number of hydrogen-bond donors (Lipinski definition) is 2. The first kappa shape index (κ1) is 10.1. The van der Waals surface area contributed by atoms with Crippen LogP contribution in [0.25, 0.3) is 11.1 Å². The molecular weight excluding hydrogens is 192 g/mol. The second-order valence-corrected chi connectivity index (χ2v) is 3.53. The van der Waals surface area contributed by atoms with E-state index in [2.05, 4.69) is 10.3 Å². The monoisotopic (exact) mass is 206 g/mol. The van der Waals surface area contributed by atoms with Gasteiger partial charge in [0.15, 0.2) is 11.5 Å². The highest BCUT2D eigenvalue weighted by Crippen LogP contribution is 2.20. The summed E-state index contributed by atoms with van der Waals surface area (Å²) in [6.07, 6.45) is -0.503. The summed E-state index contributed by atoms with van der Waals surface area (Å²) in [5, 5.41) is 12.7. The predicted octanol–water partition coefficient (Wildman–Crippen LogP) is 1.39. The molecule has 0 bridgehead atoms. The number of fused-ring (bicyclic) bond motifs is 1. The molecule has 80 valence electrons. The number of benzene rings is 1. The molecule has 0 fully saturated rings. The summed E-state index contributed by atoms with van der Waals surface area (Å²) in [7, 11) is 1.81. The molecule has 0 saturated carbocycles. The number of rotatable bonds is 3. The molecule has 0 aliphatic carbocycles. The molecule has 0 radical (unpaired) electrons. The van der Waals surface area contributed by atoms with Gasteiger partial charge in [0.2, 0.25) is 0 Å². The van der Waals surface area contributed by atoms with Gasteiger partial charge < -0.3 is 14.8 Å². The first-order valence-corrected chi connectivity index (χ1v) is 4.90. The first-order chi connectivity index (χ1) is 7.20. The Morgan fingerprint density at radius 2 is 2.33 bits per heavy atom. The average molecular weight is 206 g/mol. The summed E-state index contributed by atoms with van der Waals surface area (Å²) >= 11 is 0. The zero-order valence-electron chi connectivity index (χ0n) is 8.82. The van der Waals surface area contributed by atoms with Crippen molar-refractivity contribution < 1.29 is 9.52 Å². The standard InChI is InChI=1S/C11H14N2O2/c1-7-13-9-5-8(10(14)6-12-2)3-4-11(9)15-7/h3-5,10,12,14H,6H2,1-2H3. The SMILES string of the molecule is CNCC(O)c1ccc2oc(C)nc2c1. The van der Waals surface area contributed by atoms with E-state index in [9.17, 15) is 5.11 Å². The number of oxazole rings is 1. The molecule has 1 aromatic heterocycles. The third-order valence-electron chi connectivity index (χ3n) is 2.30. The van der Waals surface area contributed by atoms with E-state index in [4.69, 9.17) is 4.42 Å². The first-order valence-electron chi connectivity index (χ1n) is 4.90. The summed E-state index contributed by atoms with van der Waals surface area (Å²) in [4.78, 5) is 4.22. The van der Waals surface area contributed by atoms with Gasteiger partial charge in [-0.25, -0.2) is 4.98 Å². The fourth-order valence-corrected chi connectivity index (χ4v) is 1.58. The average Bonchev–Trinajstić information content (AvgIpc) is 2.57. The smallest absolute Gasteiger partial charge is 0.192 e. The van der Waals surface area contributed by atoms with Gasteiger partial charge in [-0.3, -0.25) is 0 Å². The fraction of sp³-hybridized carbons (Fsp3) is 0.364. The van der Waals surface area contributed by atoms with Crippen LogP contribution >= 0.6 is 0 Å².